The third-order valence-electron chi connectivity index (χ3n) is 4.58. The summed E-state index contributed by atoms with van der Waals surface area (Å²) in [6.45, 7) is 1.73. The molecule has 1 saturated heterocycles. The van der Waals surface area contributed by atoms with Gasteiger partial charge < -0.3 is 25.4 Å². The molecule has 1 unspecified atom stereocenters. The monoisotopic (exact) mass is 475 g/mol. The molecule has 1 aliphatic rings. The Labute approximate surface area is 184 Å². The van der Waals surface area contributed by atoms with E-state index in [9.17, 15) is 9.59 Å². The van der Waals surface area contributed by atoms with E-state index >= 15 is 0 Å². The number of benzene rings is 2. The molecule has 1 atom stereocenters. The van der Waals surface area contributed by atoms with Gasteiger partial charge in [0.25, 0.3) is 0 Å². The number of carbonyl (C=O) groups excluding carboxylic acids is 2. The first-order valence-corrected chi connectivity index (χ1v) is 10.8. The molecule has 30 heavy (non-hydrogen) atoms. The summed E-state index contributed by atoms with van der Waals surface area (Å²) >= 11 is 3.43. The van der Waals surface area contributed by atoms with E-state index < -0.39 is 0 Å². The van der Waals surface area contributed by atoms with Crippen LogP contribution in [0.4, 0.5) is 16.2 Å². The van der Waals surface area contributed by atoms with Gasteiger partial charge in [0.15, 0.2) is 0 Å². The molecule has 2 aromatic carbocycles. The van der Waals surface area contributed by atoms with Gasteiger partial charge in [-0.25, -0.2) is 4.79 Å². The van der Waals surface area contributed by atoms with Gasteiger partial charge in [0, 0.05) is 30.9 Å². The summed E-state index contributed by atoms with van der Waals surface area (Å²) in [5.41, 5.74) is 1.33. The molecular weight excluding hydrogens is 450 g/mol. The first-order chi connectivity index (χ1) is 14.6. The van der Waals surface area contributed by atoms with Crippen LogP contribution in [0.2, 0.25) is 0 Å². The van der Waals surface area contributed by atoms with E-state index in [1.807, 2.05) is 24.3 Å². The molecule has 2 aromatic rings. The van der Waals surface area contributed by atoms with E-state index in [2.05, 4.69) is 31.9 Å². The van der Waals surface area contributed by atoms with Crippen molar-refractivity contribution < 1.29 is 19.1 Å². The van der Waals surface area contributed by atoms with Gasteiger partial charge in [-0.15, -0.1) is 0 Å². The summed E-state index contributed by atoms with van der Waals surface area (Å²) < 4.78 is 12.0. The number of anilines is 2. The number of hydrogen-bond acceptors (Lipinski definition) is 4. The smallest absolute Gasteiger partial charge is 0.319 e. The number of rotatable bonds is 9. The Bertz CT molecular complexity index is 839. The Hall–Kier alpha value is -2.58. The molecule has 0 spiro atoms. The summed E-state index contributed by atoms with van der Waals surface area (Å²) in [7, 11) is 0. The largest absolute Gasteiger partial charge is 0.492 e. The molecule has 0 aliphatic carbocycles. The van der Waals surface area contributed by atoms with Crippen molar-refractivity contribution in [1.29, 1.82) is 0 Å². The lowest BCUT2D eigenvalue weighted by molar-refractivity contribution is -0.116. The van der Waals surface area contributed by atoms with Gasteiger partial charge in [-0.05, 0) is 71.6 Å². The molecule has 160 valence electrons. The maximum absolute atomic E-state index is 12.1. The van der Waals surface area contributed by atoms with Crippen molar-refractivity contribution in [3.63, 3.8) is 0 Å². The van der Waals surface area contributed by atoms with Crippen molar-refractivity contribution in [3.8, 4) is 5.75 Å². The molecule has 7 nitrogen and oxygen atoms in total. The predicted octanol–water partition coefficient (Wildman–Crippen LogP) is 4.55. The standard InChI is InChI=1S/C22H26BrN3O4/c23-19-6-1-2-7-20(19)30-14-4-8-21(27)25-16-9-11-17(12-10-16)26-22(28)24-15-18-5-3-13-29-18/h1-2,6-7,9-12,18H,3-5,8,13-15H2,(H,25,27)(H2,24,26,28). The summed E-state index contributed by atoms with van der Waals surface area (Å²) in [4.78, 5) is 24.0. The number of hydrogen-bond donors (Lipinski definition) is 3. The first-order valence-electron chi connectivity index (χ1n) is 10.0. The molecule has 3 rings (SSSR count). The quantitative estimate of drug-likeness (QED) is 0.464. The van der Waals surface area contributed by atoms with E-state index in [1.165, 1.54) is 0 Å². The molecule has 3 amide bonds. The topological polar surface area (TPSA) is 88.7 Å². The molecule has 0 aromatic heterocycles. The number of amides is 3. The van der Waals surface area contributed by atoms with Crippen molar-refractivity contribution in [1.82, 2.24) is 5.32 Å². The maximum atomic E-state index is 12.1. The zero-order chi connectivity index (χ0) is 21.2. The van der Waals surface area contributed by atoms with E-state index in [1.54, 1.807) is 24.3 Å². The highest BCUT2D eigenvalue weighted by atomic mass is 79.9. The van der Waals surface area contributed by atoms with E-state index in [4.69, 9.17) is 9.47 Å². The lowest BCUT2D eigenvalue weighted by atomic mass is 10.2. The second-order valence-electron chi connectivity index (χ2n) is 6.98. The average Bonchev–Trinajstić information content (AvgIpc) is 3.26. The zero-order valence-electron chi connectivity index (χ0n) is 16.7. The van der Waals surface area contributed by atoms with Gasteiger partial charge in [0.05, 0.1) is 17.2 Å². The number of urea groups is 1. The molecule has 1 heterocycles. The van der Waals surface area contributed by atoms with Crippen LogP contribution in [0.5, 0.6) is 5.75 Å². The molecule has 0 saturated carbocycles. The Morgan fingerprint density at radius 2 is 1.80 bits per heavy atom. The third-order valence-corrected chi connectivity index (χ3v) is 5.24. The minimum atomic E-state index is -0.271. The van der Waals surface area contributed by atoms with Gasteiger partial charge in [-0.2, -0.15) is 0 Å². The molecular formula is C22H26BrN3O4. The van der Waals surface area contributed by atoms with Gasteiger partial charge >= 0.3 is 6.03 Å². The summed E-state index contributed by atoms with van der Waals surface area (Å²) in [5.74, 6) is 0.682. The highest BCUT2D eigenvalue weighted by molar-refractivity contribution is 9.10. The van der Waals surface area contributed by atoms with Crippen molar-refractivity contribution in [3.05, 3.63) is 53.0 Å². The highest BCUT2D eigenvalue weighted by Crippen LogP contribution is 2.24. The lowest BCUT2D eigenvalue weighted by Crippen LogP contribution is -2.35. The van der Waals surface area contributed by atoms with E-state index in [0.717, 1.165) is 29.7 Å². The molecule has 1 aliphatic heterocycles. The molecule has 8 heteroatoms. The molecule has 1 fully saturated rings. The van der Waals surface area contributed by atoms with Crippen LogP contribution in [-0.4, -0.2) is 37.8 Å². The van der Waals surface area contributed by atoms with Gasteiger partial charge in [-0.3, -0.25) is 4.79 Å². The van der Waals surface area contributed by atoms with E-state index in [-0.39, 0.29) is 18.0 Å². The van der Waals surface area contributed by atoms with Crippen molar-refractivity contribution in [2.45, 2.75) is 31.8 Å². The average molecular weight is 476 g/mol. The lowest BCUT2D eigenvalue weighted by Gasteiger charge is -2.12. The first kappa shape index (κ1) is 22.1. The van der Waals surface area contributed by atoms with Crippen LogP contribution >= 0.6 is 15.9 Å². The molecule has 0 radical (unpaired) electrons. The molecule has 0 bridgehead atoms. The summed E-state index contributed by atoms with van der Waals surface area (Å²) in [5, 5.41) is 8.42. The van der Waals surface area contributed by atoms with Crippen LogP contribution in [0.1, 0.15) is 25.7 Å². The summed E-state index contributed by atoms with van der Waals surface area (Å²) in [6.07, 6.45) is 3.09. The van der Waals surface area contributed by atoms with Gasteiger partial charge in [0.2, 0.25) is 5.91 Å². The Morgan fingerprint density at radius 1 is 1.07 bits per heavy atom. The van der Waals surface area contributed by atoms with Gasteiger partial charge in [-0.1, -0.05) is 12.1 Å². The number of nitrogens with one attached hydrogen (secondary N) is 3. The Balaban J connectivity index is 1.33. The van der Waals surface area contributed by atoms with Crippen molar-refractivity contribution in [2.24, 2.45) is 0 Å². The van der Waals surface area contributed by atoms with Crippen molar-refractivity contribution in [2.75, 3.05) is 30.4 Å². The van der Waals surface area contributed by atoms with Crippen LogP contribution in [0.25, 0.3) is 0 Å². The SMILES string of the molecule is O=C(CCCOc1ccccc1Br)Nc1ccc(NC(=O)NCC2CCCO2)cc1. The Morgan fingerprint density at radius 3 is 2.50 bits per heavy atom. The van der Waals surface area contributed by atoms with E-state index in [0.29, 0.717) is 37.4 Å². The minimum absolute atomic E-state index is 0.0826. The fraction of sp³-hybridized carbons (Fsp3) is 0.364. The van der Waals surface area contributed by atoms with Gasteiger partial charge in [0.1, 0.15) is 5.75 Å². The predicted molar refractivity (Wildman–Crippen MR) is 120 cm³/mol. The number of para-hydroxylation sites is 1. The second kappa shape index (κ2) is 11.6. The number of ether oxygens (including phenoxy) is 2. The van der Waals surface area contributed by atoms with Crippen LogP contribution in [0, 0.1) is 0 Å². The van der Waals surface area contributed by atoms with Crippen molar-refractivity contribution >= 4 is 39.2 Å². The molecule has 3 N–H and O–H groups in total. The fourth-order valence-electron chi connectivity index (χ4n) is 3.02. The normalized spacial score (nSPS) is 15.4. The van der Waals surface area contributed by atoms with Crippen LogP contribution in [-0.2, 0) is 9.53 Å². The Kier molecular flexibility index (Phi) is 8.53. The number of carbonyl (C=O) groups is 2. The second-order valence-corrected chi connectivity index (χ2v) is 7.83. The zero-order valence-corrected chi connectivity index (χ0v) is 18.2. The van der Waals surface area contributed by atoms with Crippen LogP contribution in [0.3, 0.4) is 0 Å². The maximum Gasteiger partial charge on any atom is 0.319 e. The minimum Gasteiger partial charge on any atom is -0.492 e. The number of halogens is 1. The third kappa shape index (κ3) is 7.35. The van der Waals surface area contributed by atoms with Crippen LogP contribution in [0.15, 0.2) is 53.0 Å². The summed E-state index contributed by atoms with van der Waals surface area (Å²) in [6, 6.07) is 14.3. The highest BCUT2D eigenvalue weighted by Gasteiger charge is 2.16. The fourth-order valence-corrected chi connectivity index (χ4v) is 3.42. The van der Waals surface area contributed by atoms with Crippen LogP contribution < -0.4 is 20.7 Å².